The highest BCUT2D eigenvalue weighted by Gasteiger charge is 2.27. The van der Waals surface area contributed by atoms with Crippen molar-refractivity contribution in [3.05, 3.63) is 59.7 Å². The SMILES string of the molecule is O=C1Nc2cc(F)c(F)cc2NC1c1ccccc1. The summed E-state index contributed by atoms with van der Waals surface area (Å²) in [5.41, 5.74) is 1.37. The van der Waals surface area contributed by atoms with Crippen LogP contribution in [0.1, 0.15) is 11.6 Å². The van der Waals surface area contributed by atoms with E-state index in [1.165, 1.54) is 0 Å². The Morgan fingerprint density at radius 3 is 2.26 bits per heavy atom. The van der Waals surface area contributed by atoms with E-state index in [0.717, 1.165) is 17.7 Å². The fraction of sp³-hybridized carbons (Fsp3) is 0.0714. The zero-order valence-electron chi connectivity index (χ0n) is 9.78. The first-order chi connectivity index (χ1) is 9.15. The smallest absolute Gasteiger partial charge is 0.251 e. The van der Waals surface area contributed by atoms with Gasteiger partial charge in [-0.3, -0.25) is 4.79 Å². The van der Waals surface area contributed by atoms with Gasteiger partial charge in [0.05, 0.1) is 11.4 Å². The Bertz CT molecular complexity index is 643. The molecule has 1 unspecified atom stereocenters. The number of carbonyl (C=O) groups is 1. The van der Waals surface area contributed by atoms with Crippen LogP contribution in [0.3, 0.4) is 0 Å². The van der Waals surface area contributed by atoms with Gasteiger partial charge >= 0.3 is 0 Å². The van der Waals surface area contributed by atoms with Crippen LogP contribution in [0.25, 0.3) is 0 Å². The molecule has 1 amide bonds. The fourth-order valence-corrected chi connectivity index (χ4v) is 2.08. The molecule has 1 aliphatic rings. The summed E-state index contributed by atoms with van der Waals surface area (Å²) in [5, 5.41) is 5.48. The molecule has 2 N–H and O–H groups in total. The Morgan fingerprint density at radius 1 is 0.947 bits per heavy atom. The first-order valence-electron chi connectivity index (χ1n) is 5.76. The molecule has 0 spiro atoms. The lowest BCUT2D eigenvalue weighted by atomic mass is 10.0. The van der Waals surface area contributed by atoms with Crippen molar-refractivity contribution in [2.75, 3.05) is 10.6 Å². The van der Waals surface area contributed by atoms with E-state index in [9.17, 15) is 13.6 Å². The summed E-state index contributed by atoms with van der Waals surface area (Å²) in [6.45, 7) is 0. The minimum atomic E-state index is -0.987. The molecule has 0 saturated heterocycles. The fourth-order valence-electron chi connectivity index (χ4n) is 2.08. The molecule has 0 radical (unpaired) electrons. The van der Waals surface area contributed by atoms with Gasteiger partial charge in [0, 0.05) is 12.1 Å². The van der Waals surface area contributed by atoms with Gasteiger partial charge in [0.25, 0.3) is 5.91 Å². The molecule has 5 heteroatoms. The number of rotatable bonds is 1. The predicted molar refractivity (Wildman–Crippen MR) is 67.8 cm³/mol. The Labute approximate surface area is 108 Å². The molecule has 2 aromatic carbocycles. The minimum Gasteiger partial charge on any atom is -0.368 e. The third-order valence-corrected chi connectivity index (χ3v) is 3.01. The van der Waals surface area contributed by atoms with Gasteiger partial charge in [0.15, 0.2) is 11.6 Å². The third-order valence-electron chi connectivity index (χ3n) is 3.01. The Balaban J connectivity index is 2.00. The summed E-state index contributed by atoms with van der Waals surface area (Å²) in [7, 11) is 0. The van der Waals surface area contributed by atoms with Crippen LogP contribution in [0.5, 0.6) is 0 Å². The summed E-state index contributed by atoms with van der Waals surface area (Å²) in [4.78, 5) is 12.0. The lowest BCUT2D eigenvalue weighted by Gasteiger charge is -2.27. The maximum absolute atomic E-state index is 13.2. The van der Waals surface area contributed by atoms with Crippen LogP contribution < -0.4 is 10.6 Å². The van der Waals surface area contributed by atoms with E-state index < -0.39 is 17.7 Å². The van der Waals surface area contributed by atoms with E-state index in [1.807, 2.05) is 18.2 Å². The highest BCUT2D eigenvalue weighted by molar-refractivity contribution is 6.03. The molecule has 0 aliphatic carbocycles. The first-order valence-corrected chi connectivity index (χ1v) is 5.76. The molecule has 3 rings (SSSR count). The average molecular weight is 260 g/mol. The van der Waals surface area contributed by atoms with E-state index >= 15 is 0 Å². The first kappa shape index (κ1) is 11.6. The molecule has 19 heavy (non-hydrogen) atoms. The zero-order chi connectivity index (χ0) is 13.4. The van der Waals surface area contributed by atoms with Crippen molar-refractivity contribution < 1.29 is 13.6 Å². The van der Waals surface area contributed by atoms with Crippen molar-refractivity contribution in [1.82, 2.24) is 0 Å². The average Bonchev–Trinajstić information content (AvgIpc) is 2.41. The predicted octanol–water partition coefficient (Wildman–Crippen LogP) is 3.07. The normalized spacial score (nSPS) is 17.4. The van der Waals surface area contributed by atoms with Gasteiger partial charge in [-0.05, 0) is 5.56 Å². The van der Waals surface area contributed by atoms with Crippen molar-refractivity contribution >= 4 is 17.3 Å². The molecular formula is C14H10F2N2O. The zero-order valence-corrected chi connectivity index (χ0v) is 9.78. The van der Waals surface area contributed by atoms with Crippen LogP contribution >= 0.6 is 0 Å². The second-order valence-corrected chi connectivity index (χ2v) is 4.29. The molecular weight excluding hydrogens is 250 g/mol. The number of carbonyl (C=O) groups excluding carboxylic acids is 1. The van der Waals surface area contributed by atoms with Gasteiger partial charge in [-0.15, -0.1) is 0 Å². The van der Waals surface area contributed by atoms with E-state index in [1.54, 1.807) is 12.1 Å². The minimum absolute atomic E-state index is 0.246. The Hall–Kier alpha value is -2.43. The molecule has 0 saturated carbocycles. The van der Waals surface area contributed by atoms with Crippen LogP contribution in [0.2, 0.25) is 0 Å². The number of benzene rings is 2. The van der Waals surface area contributed by atoms with Crippen molar-refractivity contribution in [3.63, 3.8) is 0 Å². The second-order valence-electron chi connectivity index (χ2n) is 4.29. The molecule has 1 atom stereocenters. The summed E-state index contributed by atoms with van der Waals surface area (Å²) >= 11 is 0. The molecule has 1 aliphatic heterocycles. The van der Waals surface area contributed by atoms with Crippen LogP contribution in [-0.4, -0.2) is 5.91 Å². The van der Waals surface area contributed by atoms with Gasteiger partial charge in [0.1, 0.15) is 6.04 Å². The van der Waals surface area contributed by atoms with Crippen LogP contribution in [0.15, 0.2) is 42.5 Å². The van der Waals surface area contributed by atoms with E-state index in [2.05, 4.69) is 10.6 Å². The highest BCUT2D eigenvalue weighted by atomic mass is 19.2. The van der Waals surface area contributed by atoms with Crippen molar-refractivity contribution in [1.29, 1.82) is 0 Å². The van der Waals surface area contributed by atoms with Gasteiger partial charge in [-0.2, -0.15) is 0 Å². The summed E-state index contributed by atoms with van der Waals surface area (Å²) in [6, 6.07) is 10.4. The van der Waals surface area contributed by atoms with Gasteiger partial charge in [0.2, 0.25) is 0 Å². The van der Waals surface area contributed by atoms with Crippen molar-refractivity contribution in [2.24, 2.45) is 0 Å². The molecule has 1 heterocycles. The van der Waals surface area contributed by atoms with Gasteiger partial charge in [-0.25, -0.2) is 8.78 Å². The number of hydrogen-bond donors (Lipinski definition) is 2. The standard InChI is InChI=1S/C14H10F2N2O/c15-9-6-11-12(7-10(9)16)18-14(19)13(17-11)8-4-2-1-3-5-8/h1-7,13,17H,(H,18,19). The number of nitrogens with one attached hydrogen (secondary N) is 2. The van der Waals surface area contributed by atoms with Crippen molar-refractivity contribution in [3.8, 4) is 0 Å². The number of halogens is 2. The molecule has 96 valence electrons. The summed E-state index contributed by atoms with van der Waals surface area (Å²) in [6.07, 6.45) is 0. The van der Waals surface area contributed by atoms with Crippen LogP contribution in [0, 0.1) is 11.6 Å². The topological polar surface area (TPSA) is 41.1 Å². The molecule has 0 aromatic heterocycles. The molecule has 2 aromatic rings. The quantitative estimate of drug-likeness (QED) is 0.827. The lowest BCUT2D eigenvalue weighted by Crippen LogP contribution is -2.32. The van der Waals surface area contributed by atoms with E-state index in [0.29, 0.717) is 5.69 Å². The van der Waals surface area contributed by atoms with Gasteiger partial charge in [-0.1, -0.05) is 30.3 Å². The van der Waals surface area contributed by atoms with E-state index in [-0.39, 0.29) is 11.6 Å². The summed E-state index contributed by atoms with van der Waals surface area (Å²) in [5.74, 6) is -2.24. The Kier molecular flexibility index (Phi) is 2.67. The molecule has 0 fully saturated rings. The highest BCUT2D eigenvalue weighted by Crippen LogP contribution is 2.33. The van der Waals surface area contributed by atoms with Crippen LogP contribution in [-0.2, 0) is 4.79 Å². The van der Waals surface area contributed by atoms with E-state index in [4.69, 9.17) is 0 Å². The molecule has 0 bridgehead atoms. The maximum Gasteiger partial charge on any atom is 0.251 e. The van der Waals surface area contributed by atoms with Crippen molar-refractivity contribution in [2.45, 2.75) is 6.04 Å². The number of anilines is 2. The Morgan fingerprint density at radius 2 is 1.58 bits per heavy atom. The lowest BCUT2D eigenvalue weighted by molar-refractivity contribution is -0.117. The third kappa shape index (κ3) is 2.03. The maximum atomic E-state index is 13.2. The number of hydrogen-bond acceptors (Lipinski definition) is 2. The monoisotopic (exact) mass is 260 g/mol. The largest absolute Gasteiger partial charge is 0.368 e. The second kappa shape index (κ2) is 4.35. The number of fused-ring (bicyclic) bond motifs is 1. The number of amides is 1. The molecule has 3 nitrogen and oxygen atoms in total. The van der Waals surface area contributed by atoms with Gasteiger partial charge < -0.3 is 10.6 Å². The summed E-state index contributed by atoms with van der Waals surface area (Å²) < 4.78 is 26.3. The van der Waals surface area contributed by atoms with Crippen LogP contribution in [0.4, 0.5) is 20.2 Å².